The molecule has 1 amide bonds. The maximum atomic E-state index is 12.3. The minimum absolute atomic E-state index is 0.273. The van der Waals surface area contributed by atoms with Gasteiger partial charge in [-0.05, 0) is 6.42 Å². The van der Waals surface area contributed by atoms with Crippen LogP contribution in [0.1, 0.15) is 137 Å². The van der Waals surface area contributed by atoms with Crippen LogP contribution in [0.25, 0.3) is 0 Å². The summed E-state index contributed by atoms with van der Waals surface area (Å²) in [5.74, 6) is -0.273. The number of nitrogens with zero attached hydrogens (tertiary/aromatic N) is 1. The van der Waals surface area contributed by atoms with Crippen molar-refractivity contribution in [1.29, 1.82) is 0 Å². The SMILES string of the molecule is [2H]CN(C[C@H](O)[C@@H](O)[C@H](O)[C@H](O)CO)C(=O)CCCCCCCCCCCCCCCCCCCCC. The van der Waals surface area contributed by atoms with Gasteiger partial charge in [0.05, 0.1) is 6.61 Å². The van der Waals surface area contributed by atoms with Gasteiger partial charge in [-0.1, -0.05) is 122 Å². The minimum Gasteiger partial charge on any atom is -0.394 e. The van der Waals surface area contributed by atoms with Gasteiger partial charge >= 0.3 is 0 Å². The molecule has 0 rings (SSSR count). The van der Waals surface area contributed by atoms with E-state index in [2.05, 4.69) is 6.92 Å². The average molecular weight is 519 g/mol. The van der Waals surface area contributed by atoms with E-state index in [1.54, 1.807) is 0 Å². The van der Waals surface area contributed by atoms with Gasteiger partial charge in [0.15, 0.2) is 0 Å². The topological polar surface area (TPSA) is 121 Å². The number of aliphatic hydroxyl groups excluding tert-OH is 5. The quantitative estimate of drug-likeness (QED) is 0.106. The number of unbranched alkanes of at least 4 members (excludes halogenated alkanes) is 18. The highest BCUT2D eigenvalue weighted by atomic mass is 16.4. The van der Waals surface area contributed by atoms with Crippen LogP contribution in [0.15, 0.2) is 0 Å². The second kappa shape index (κ2) is 24.6. The van der Waals surface area contributed by atoms with E-state index in [9.17, 15) is 25.2 Å². The molecule has 216 valence electrons. The van der Waals surface area contributed by atoms with Crippen LogP contribution < -0.4 is 0 Å². The molecule has 0 heterocycles. The standard InChI is InChI=1S/C29H59NO6/c1-3-4-5-6-7-8-9-10-11-12-13-14-15-16-17-18-19-20-21-22-27(34)30(2)23-25(32)28(35)29(36)26(33)24-31/h25-26,28-29,31-33,35-36H,3-24H2,1-2H3/t25-,26+,28+,29+/m0/s1/i2D. The lowest BCUT2D eigenvalue weighted by Crippen LogP contribution is -2.49. The molecule has 0 aliphatic rings. The van der Waals surface area contributed by atoms with Gasteiger partial charge in [0, 0.05) is 21.4 Å². The average Bonchev–Trinajstić information content (AvgIpc) is 2.91. The van der Waals surface area contributed by atoms with E-state index in [1.165, 1.54) is 103 Å². The van der Waals surface area contributed by atoms with Gasteiger partial charge in [0.1, 0.15) is 24.4 Å². The molecule has 0 bridgehead atoms. The Morgan fingerprint density at radius 2 is 1.00 bits per heavy atom. The first-order chi connectivity index (χ1) is 17.9. The summed E-state index contributed by atoms with van der Waals surface area (Å²) >= 11 is 0. The number of hydrogen-bond donors (Lipinski definition) is 5. The molecule has 0 aromatic rings. The summed E-state index contributed by atoms with van der Waals surface area (Å²) in [5.41, 5.74) is 0. The lowest BCUT2D eigenvalue weighted by atomic mass is 10.0. The first-order valence-corrected chi connectivity index (χ1v) is 14.8. The van der Waals surface area contributed by atoms with Crippen molar-refractivity contribution in [3.8, 4) is 0 Å². The summed E-state index contributed by atoms with van der Waals surface area (Å²) < 4.78 is 7.53. The molecular weight excluding hydrogens is 458 g/mol. The van der Waals surface area contributed by atoms with Crippen molar-refractivity contribution in [3.05, 3.63) is 0 Å². The molecule has 0 saturated carbocycles. The molecule has 0 unspecified atom stereocenters. The second-order valence-electron chi connectivity index (χ2n) is 10.5. The van der Waals surface area contributed by atoms with Gasteiger partial charge in [0.25, 0.3) is 0 Å². The molecule has 7 heteroatoms. The molecule has 0 aliphatic carbocycles. The third-order valence-electron chi connectivity index (χ3n) is 7.08. The van der Waals surface area contributed by atoms with Crippen LogP contribution in [-0.2, 0) is 4.79 Å². The third-order valence-corrected chi connectivity index (χ3v) is 7.08. The van der Waals surface area contributed by atoms with Crippen LogP contribution in [0.2, 0.25) is 0 Å². The first kappa shape index (κ1) is 33.3. The lowest BCUT2D eigenvalue weighted by Gasteiger charge is -2.28. The smallest absolute Gasteiger partial charge is 0.222 e. The monoisotopic (exact) mass is 518 g/mol. The fourth-order valence-electron chi connectivity index (χ4n) is 4.51. The predicted molar refractivity (Wildman–Crippen MR) is 147 cm³/mol. The summed E-state index contributed by atoms with van der Waals surface area (Å²) in [6, 6.07) is 0. The molecule has 0 spiro atoms. The van der Waals surface area contributed by atoms with Crippen LogP contribution in [0.5, 0.6) is 0 Å². The maximum absolute atomic E-state index is 12.3. The number of carbonyl (C=O) groups excluding carboxylic acids is 1. The zero-order valence-corrected chi connectivity index (χ0v) is 23.2. The molecule has 5 N–H and O–H groups in total. The van der Waals surface area contributed by atoms with E-state index in [4.69, 9.17) is 6.48 Å². The Hall–Kier alpha value is -0.730. The fourth-order valence-corrected chi connectivity index (χ4v) is 4.51. The Kier molecular flexibility index (Phi) is 22.8. The van der Waals surface area contributed by atoms with E-state index in [0.717, 1.165) is 24.2 Å². The Morgan fingerprint density at radius 3 is 1.36 bits per heavy atom. The molecule has 36 heavy (non-hydrogen) atoms. The van der Waals surface area contributed by atoms with Crippen molar-refractivity contribution in [1.82, 2.24) is 4.90 Å². The summed E-state index contributed by atoms with van der Waals surface area (Å²) in [5, 5.41) is 47.8. The molecule has 0 aromatic heterocycles. The molecule has 4 atom stereocenters. The van der Waals surface area contributed by atoms with Gasteiger partial charge in [-0.3, -0.25) is 4.79 Å². The lowest BCUT2D eigenvalue weighted by molar-refractivity contribution is -0.138. The number of likely N-dealkylation sites (N-methyl/N-ethyl adjacent to an activating group) is 1. The van der Waals surface area contributed by atoms with Crippen molar-refractivity contribution < 1.29 is 31.7 Å². The number of carbonyl (C=O) groups is 1. The highest BCUT2D eigenvalue weighted by Gasteiger charge is 2.31. The Morgan fingerprint density at radius 1 is 0.639 bits per heavy atom. The van der Waals surface area contributed by atoms with Gasteiger partial charge in [-0.15, -0.1) is 0 Å². The minimum atomic E-state index is -1.73. The van der Waals surface area contributed by atoms with Crippen molar-refractivity contribution in [2.45, 2.75) is 160 Å². The molecule has 0 fully saturated rings. The molecule has 7 nitrogen and oxygen atoms in total. The Labute approximate surface area is 222 Å². The summed E-state index contributed by atoms with van der Waals surface area (Å²) in [6.07, 6.45) is 18.1. The number of rotatable bonds is 26. The van der Waals surface area contributed by atoms with Crippen LogP contribution >= 0.6 is 0 Å². The van der Waals surface area contributed by atoms with E-state index >= 15 is 0 Å². The fraction of sp³-hybridized carbons (Fsp3) is 0.966. The van der Waals surface area contributed by atoms with E-state index < -0.39 is 31.0 Å². The molecular formula is C29H59NO6. The van der Waals surface area contributed by atoms with Crippen molar-refractivity contribution in [2.24, 2.45) is 0 Å². The van der Waals surface area contributed by atoms with Gasteiger partial charge in [0.2, 0.25) is 5.91 Å². The van der Waals surface area contributed by atoms with Crippen LogP contribution in [-0.4, -0.2) is 80.9 Å². The Bertz CT molecular complexity index is 513. The second-order valence-corrected chi connectivity index (χ2v) is 10.5. The van der Waals surface area contributed by atoms with E-state index in [1.807, 2.05) is 0 Å². The molecule has 0 aliphatic heterocycles. The largest absolute Gasteiger partial charge is 0.394 e. The van der Waals surface area contributed by atoms with Gasteiger partial charge < -0.3 is 30.4 Å². The Balaban J connectivity index is 3.62. The van der Waals surface area contributed by atoms with Crippen LogP contribution in [0.3, 0.4) is 0 Å². The summed E-state index contributed by atoms with van der Waals surface area (Å²) in [7, 11) is -0.361. The normalized spacial score (nSPS) is 15.3. The molecule has 0 saturated heterocycles. The maximum Gasteiger partial charge on any atom is 0.222 e. The van der Waals surface area contributed by atoms with Crippen LogP contribution in [0, 0.1) is 0 Å². The third kappa shape index (κ3) is 19.4. The van der Waals surface area contributed by atoms with Crippen molar-refractivity contribution >= 4 is 5.91 Å². The van der Waals surface area contributed by atoms with Crippen LogP contribution in [0.4, 0.5) is 0 Å². The van der Waals surface area contributed by atoms with E-state index in [0.29, 0.717) is 0 Å². The summed E-state index contributed by atoms with van der Waals surface area (Å²) in [4.78, 5) is 13.5. The number of hydrogen-bond acceptors (Lipinski definition) is 6. The molecule has 0 radical (unpaired) electrons. The highest BCUT2D eigenvalue weighted by molar-refractivity contribution is 5.75. The van der Waals surface area contributed by atoms with Gasteiger partial charge in [-0.2, -0.15) is 0 Å². The molecule has 0 aromatic carbocycles. The van der Waals surface area contributed by atoms with Gasteiger partial charge in [-0.25, -0.2) is 0 Å². The number of amides is 1. The predicted octanol–water partition coefficient (Wildman–Crippen LogP) is 4.70. The van der Waals surface area contributed by atoms with Crippen molar-refractivity contribution in [3.63, 3.8) is 0 Å². The zero-order chi connectivity index (χ0) is 27.7. The van der Waals surface area contributed by atoms with Crippen molar-refractivity contribution in [2.75, 3.05) is 20.2 Å². The summed E-state index contributed by atoms with van der Waals surface area (Å²) in [6.45, 7) is 1.20. The number of aliphatic hydroxyl groups is 5. The van der Waals surface area contributed by atoms with E-state index in [-0.39, 0.29) is 25.9 Å². The highest BCUT2D eigenvalue weighted by Crippen LogP contribution is 2.15. The zero-order valence-electron chi connectivity index (χ0n) is 24.2. The first-order valence-electron chi connectivity index (χ1n) is 15.5.